The number of methoxy groups -OCH3 is 1. The lowest BCUT2D eigenvalue weighted by molar-refractivity contribution is 0.106. The third-order valence-corrected chi connectivity index (χ3v) is 3.46. The van der Waals surface area contributed by atoms with E-state index in [1.807, 2.05) is 18.5 Å². The summed E-state index contributed by atoms with van der Waals surface area (Å²) >= 11 is 0. The van der Waals surface area contributed by atoms with Crippen LogP contribution in [0, 0.1) is 0 Å². The fourth-order valence-electron chi connectivity index (χ4n) is 2.35. The molecule has 0 aromatic carbocycles. The van der Waals surface area contributed by atoms with Crippen LogP contribution in [0.25, 0.3) is 16.6 Å². The fraction of sp³-hybridized carbons (Fsp3) is 0.312. The number of allylic oxidation sites excluding steroid dienone is 4. The predicted octanol–water partition coefficient (Wildman–Crippen LogP) is 3.29. The lowest BCUT2D eigenvalue weighted by Crippen LogP contribution is -2.04. The van der Waals surface area contributed by atoms with Crippen molar-refractivity contribution in [1.29, 1.82) is 0 Å². The van der Waals surface area contributed by atoms with Crippen molar-refractivity contribution in [2.24, 2.45) is 0 Å². The van der Waals surface area contributed by atoms with Gasteiger partial charge in [-0.1, -0.05) is 6.08 Å². The molecular weight excluding hydrogens is 252 g/mol. The Morgan fingerprint density at radius 1 is 1.25 bits per heavy atom. The van der Waals surface area contributed by atoms with Crippen LogP contribution < -0.4 is 0 Å². The van der Waals surface area contributed by atoms with Gasteiger partial charge in [0.1, 0.15) is 12.3 Å². The molecule has 0 fully saturated rings. The third-order valence-electron chi connectivity index (χ3n) is 3.46. The van der Waals surface area contributed by atoms with Crippen molar-refractivity contribution >= 4 is 16.6 Å². The van der Waals surface area contributed by atoms with E-state index in [-0.39, 0.29) is 0 Å². The number of ether oxygens (including phenoxy) is 2. The third kappa shape index (κ3) is 2.75. The molecule has 2 aromatic rings. The number of H-pyrrole nitrogens is 1. The lowest BCUT2D eigenvalue weighted by atomic mass is 9.97. The topological polar surface area (TPSA) is 47.1 Å². The van der Waals surface area contributed by atoms with Gasteiger partial charge in [0.15, 0.2) is 0 Å². The molecule has 20 heavy (non-hydrogen) atoms. The summed E-state index contributed by atoms with van der Waals surface area (Å²) in [7, 11) is 1.68. The number of nitrogens with zero attached hydrogens (tertiary/aromatic N) is 1. The van der Waals surface area contributed by atoms with Gasteiger partial charge < -0.3 is 14.5 Å². The molecule has 0 spiro atoms. The molecule has 0 saturated heterocycles. The predicted molar refractivity (Wildman–Crippen MR) is 79.2 cm³/mol. The van der Waals surface area contributed by atoms with Crippen LogP contribution in [0.1, 0.15) is 18.4 Å². The molecule has 4 nitrogen and oxygen atoms in total. The Hall–Kier alpha value is -2.07. The minimum absolute atomic E-state index is 0.613. The highest BCUT2D eigenvalue weighted by Crippen LogP contribution is 2.28. The van der Waals surface area contributed by atoms with Crippen molar-refractivity contribution in [1.82, 2.24) is 9.97 Å². The Labute approximate surface area is 118 Å². The molecule has 0 bridgehead atoms. The van der Waals surface area contributed by atoms with Crippen molar-refractivity contribution in [2.75, 3.05) is 20.3 Å². The van der Waals surface area contributed by atoms with Gasteiger partial charge in [0.05, 0.1) is 12.4 Å². The first kappa shape index (κ1) is 12.9. The summed E-state index contributed by atoms with van der Waals surface area (Å²) in [5.74, 6) is 1.03. The quantitative estimate of drug-likeness (QED) is 0.848. The lowest BCUT2D eigenvalue weighted by Gasteiger charge is -2.15. The van der Waals surface area contributed by atoms with Crippen molar-refractivity contribution < 1.29 is 9.47 Å². The van der Waals surface area contributed by atoms with E-state index in [1.165, 1.54) is 11.1 Å². The van der Waals surface area contributed by atoms with Crippen molar-refractivity contribution in [3.8, 4) is 0 Å². The first-order valence-corrected chi connectivity index (χ1v) is 6.82. The van der Waals surface area contributed by atoms with E-state index < -0.39 is 0 Å². The van der Waals surface area contributed by atoms with Crippen LogP contribution in [0.5, 0.6) is 0 Å². The van der Waals surface area contributed by atoms with E-state index in [4.69, 9.17) is 9.47 Å². The molecule has 2 aromatic heterocycles. The highest BCUT2D eigenvalue weighted by molar-refractivity contribution is 5.81. The first-order chi connectivity index (χ1) is 9.86. The highest BCUT2D eigenvalue weighted by atomic mass is 16.5. The first-order valence-electron chi connectivity index (χ1n) is 6.82. The second-order valence-corrected chi connectivity index (χ2v) is 4.81. The average Bonchev–Trinajstić information content (AvgIpc) is 2.96. The van der Waals surface area contributed by atoms with E-state index in [2.05, 4.69) is 28.2 Å². The second-order valence-electron chi connectivity index (χ2n) is 4.81. The summed E-state index contributed by atoms with van der Waals surface area (Å²) in [4.78, 5) is 7.54. The smallest absolute Gasteiger partial charge is 0.137 e. The maximum atomic E-state index is 5.64. The van der Waals surface area contributed by atoms with Gasteiger partial charge in [-0.15, -0.1) is 0 Å². The van der Waals surface area contributed by atoms with Gasteiger partial charge in [0.25, 0.3) is 0 Å². The summed E-state index contributed by atoms with van der Waals surface area (Å²) in [5, 5.41) is 1.15. The number of hydrogen-bond donors (Lipinski definition) is 1. The average molecular weight is 270 g/mol. The minimum Gasteiger partial charge on any atom is -0.496 e. The van der Waals surface area contributed by atoms with Crippen LogP contribution in [0.3, 0.4) is 0 Å². The van der Waals surface area contributed by atoms with Crippen LogP contribution >= 0.6 is 0 Å². The number of fused-ring (bicyclic) bond motifs is 1. The maximum Gasteiger partial charge on any atom is 0.137 e. The van der Waals surface area contributed by atoms with Crippen LogP contribution in [0.2, 0.25) is 0 Å². The molecule has 1 aliphatic carbocycles. The van der Waals surface area contributed by atoms with E-state index in [9.17, 15) is 0 Å². The standard InChI is InChI=1S/C16H18N2O2/c1-19-8-9-20-15-4-2-12(3-5-15)14-10-13-6-7-17-16(13)18-11-14/h2,4,6-7,10-11H,3,5,8-9H2,1H3,(H,17,18). The van der Waals surface area contributed by atoms with Gasteiger partial charge in [-0.3, -0.25) is 0 Å². The Balaban J connectivity index is 1.74. The monoisotopic (exact) mass is 270 g/mol. The number of hydrogen-bond acceptors (Lipinski definition) is 3. The molecule has 1 N–H and O–H groups in total. The molecule has 2 heterocycles. The van der Waals surface area contributed by atoms with Gasteiger partial charge in [-0.2, -0.15) is 0 Å². The largest absolute Gasteiger partial charge is 0.496 e. The molecule has 0 aliphatic heterocycles. The van der Waals surface area contributed by atoms with E-state index in [0.717, 1.165) is 29.6 Å². The highest BCUT2D eigenvalue weighted by Gasteiger charge is 2.10. The molecule has 0 radical (unpaired) electrons. The number of nitrogens with one attached hydrogen (secondary N) is 1. The Bertz CT molecular complexity index is 655. The summed E-state index contributed by atoms with van der Waals surface area (Å²) in [6.45, 7) is 1.24. The van der Waals surface area contributed by atoms with Gasteiger partial charge in [-0.25, -0.2) is 4.98 Å². The van der Waals surface area contributed by atoms with Gasteiger partial charge in [-0.05, 0) is 35.8 Å². The van der Waals surface area contributed by atoms with Crippen LogP contribution in [-0.4, -0.2) is 30.3 Å². The molecule has 0 atom stereocenters. The fourth-order valence-corrected chi connectivity index (χ4v) is 2.35. The van der Waals surface area contributed by atoms with E-state index >= 15 is 0 Å². The molecule has 4 heteroatoms. The van der Waals surface area contributed by atoms with Gasteiger partial charge in [0.2, 0.25) is 0 Å². The van der Waals surface area contributed by atoms with E-state index in [1.54, 1.807) is 7.11 Å². The van der Waals surface area contributed by atoms with Crippen molar-refractivity contribution in [3.63, 3.8) is 0 Å². The number of aromatic nitrogens is 2. The molecule has 104 valence electrons. The summed E-state index contributed by atoms with van der Waals surface area (Å²) in [6, 6.07) is 4.22. The zero-order chi connectivity index (χ0) is 13.8. The molecule has 0 saturated carbocycles. The summed E-state index contributed by atoms with van der Waals surface area (Å²) in [6.07, 6.45) is 9.93. The van der Waals surface area contributed by atoms with E-state index in [0.29, 0.717) is 13.2 Å². The Morgan fingerprint density at radius 3 is 3.00 bits per heavy atom. The van der Waals surface area contributed by atoms with Crippen molar-refractivity contribution in [2.45, 2.75) is 12.8 Å². The zero-order valence-corrected chi connectivity index (χ0v) is 11.6. The van der Waals surface area contributed by atoms with Crippen LogP contribution in [0.15, 0.2) is 42.4 Å². The molecule has 3 rings (SSSR count). The van der Waals surface area contributed by atoms with Gasteiger partial charge in [0, 0.05) is 31.3 Å². The Morgan fingerprint density at radius 2 is 2.20 bits per heavy atom. The molecule has 1 aliphatic rings. The molecular formula is C16H18N2O2. The second kappa shape index (κ2) is 5.92. The Kier molecular flexibility index (Phi) is 3.83. The number of aromatic amines is 1. The van der Waals surface area contributed by atoms with Gasteiger partial charge >= 0.3 is 0 Å². The summed E-state index contributed by atoms with van der Waals surface area (Å²) in [5.41, 5.74) is 3.42. The number of pyridine rings is 1. The normalized spacial score (nSPS) is 15.1. The van der Waals surface area contributed by atoms with Crippen LogP contribution in [-0.2, 0) is 9.47 Å². The SMILES string of the molecule is COCCOC1=CC=C(c2cnc3[nH]ccc3c2)CC1. The zero-order valence-electron chi connectivity index (χ0n) is 11.6. The minimum atomic E-state index is 0.613. The number of rotatable bonds is 5. The van der Waals surface area contributed by atoms with Crippen molar-refractivity contribution in [3.05, 3.63) is 48.0 Å². The maximum absolute atomic E-state index is 5.64. The molecule has 0 amide bonds. The molecule has 0 unspecified atom stereocenters. The summed E-state index contributed by atoms with van der Waals surface area (Å²) < 4.78 is 10.6. The van der Waals surface area contributed by atoms with Crippen LogP contribution in [0.4, 0.5) is 0 Å².